The molecule has 0 saturated heterocycles. The van der Waals surface area contributed by atoms with E-state index in [2.05, 4.69) is 37.3 Å². The molecule has 5 heteroatoms. The van der Waals surface area contributed by atoms with Gasteiger partial charge in [0.05, 0.1) is 10.6 Å². The van der Waals surface area contributed by atoms with Crippen molar-refractivity contribution < 1.29 is 8.42 Å². The first-order valence-electron chi connectivity index (χ1n) is 9.63. The van der Waals surface area contributed by atoms with Gasteiger partial charge in [-0.3, -0.25) is 0 Å². The van der Waals surface area contributed by atoms with Crippen molar-refractivity contribution in [2.75, 3.05) is 0 Å². The number of sulfonamides is 1. The Morgan fingerprint density at radius 1 is 1.22 bits per heavy atom. The molecule has 0 unspecified atom stereocenters. The highest BCUT2D eigenvalue weighted by Crippen LogP contribution is 2.51. The minimum absolute atomic E-state index is 0.213. The number of benzene rings is 1. The molecule has 0 bridgehead atoms. The van der Waals surface area contributed by atoms with Gasteiger partial charge in [0.25, 0.3) is 10.0 Å². The summed E-state index contributed by atoms with van der Waals surface area (Å²) >= 11 is 0. The van der Waals surface area contributed by atoms with Gasteiger partial charge in [-0.15, -0.1) is 0 Å². The van der Waals surface area contributed by atoms with Crippen molar-refractivity contribution in [2.45, 2.75) is 64.7 Å². The lowest BCUT2D eigenvalue weighted by atomic mass is 9.60. The zero-order valence-corrected chi connectivity index (χ0v) is 17.6. The van der Waals surface area contributed by atoms with Crippen LogP contribution in [-0.4, -0.2) is 14.1 Å². The molecule has 0 amide bonds. The van der Waals surface area contributed by atoms with E-state index in [1.54, 1.807) is 24.3 Å². The van der Waals surface area contributed by atoms with Crippen LogP contribution in [0.25, 0.3) is 0 Å². The maximum Gasteiger partial charge on any atom is 0.276 e. The standard InChI is InChI=1S/C22H30N2O2S/c1-15(2)18-10-12-22(5)13-11-21(17(4)20(22)14-18)23-24-27(25,26)19-8-6-16(3)7-9-19/h6-9,18,24H,1,10-14H2,2-5H3/b23-21+/t18-,22+/m1/s1. The summed E-state index contributed by atoms with van der Waals surface area (Å²) in [4.78, 5) is 2.68. The van der Waals surface area contributed by atoms with Crippen LogP contribution >= 0.6 is 0 Å². The Bertz CT molecular complexity index is 910. The number of hydrazone groups is 1. The average Bonchev–Trinajstić information content (AvgIpc) is 2.61. The summed E-state index contributed by atoms with van der Waals surface area (Å²) in [6.45, 7) is 12.6. The summed E-state index contributed by atoms with van der Waals surface area (Å²) in [7, 11) is -3.64. The second-order valence-electron chi connectivity index (χ2n) is 8.42. The summed E-state index contributed by atoms with van der Waals surface area (Å²) in [5.41, 5.74) is 5.92. The number of fused-ring (bicyclic) bond motifs is 1. The summed E-state index contributed by atoms with van der Waals surface area (Å²) < 4.78 is 25.1. The molecule has 2 atom stereocenters. The third-order valence-electron chi connectivity index (χ3n) is 6.35. The van der Waals surface area contributed by atoms with Gasteiger partial charge in [0.1, 0.15) is 0 Å². The highest BCUT2D eigenvalue weighted by molar-refractivity contribution is 7.89. The van der Waals surface area contributed by atoms with Gasteiger partial charge in [-0.1, -0.05) is 42.3 Å². The number of hydrogen-bond donors (Lipinski definition) is 1. The third-order valence-corrected chi connectivity index (χ3v) is 7.58. The SMILES string of the molecule is C=C(C)[C@@H]1CC[C@@]2(C)CC/C(=N\NS(=O)(=O)c3ccc(C)cc3)C(C)=C2C1. The third kappa shape index (κ3) is 4.03. The first-order chi connectivity index (χ1) is 12.6. The fourth-order valence-corrected chi connectivity index (χ4v) is 5.15. The van der Waals surface area contributed by atoms with Crippen LogP contribution < -0.4 is 4.83 Å². The molecule has 1 fully saturated rings. The summed E-state index contributed by atoms with van der Waals surface area (Å²) in [5, 5.41) is 4.33. The van der Waals surface area contributed by atoms with Crippen LogP contribution in [0, 0.1) is 18.3 Å². The maximum atomic E-state index is 12.5. The largest absolute Gasteiger partial charge is 0.276 e. The maximum absolute atomic E-state index is 12.5. The molecule has 27 heavy (non-hydrogen) atoms. The van der Waals surface area contributed by atoms with Crippen molar-refractivity contribution in [3.8, 4) is 0 Å². The topological polar surface area (TPSA) is 58.5 Å². The predicted octanol–water partition coefficient (Wildman–Crippen LogP) is 5.12. The number of allylic oxidation sites excluding steroid dienone is 3. The van der Waals surface area contributed by atoms with Crippen LogP contribution in [0.15, 0.2) is 57.6 Å². The van der Waals surface area contributed by atoms with E-state index in [0.29, 0.717) is 5.92 Å². The lowest BCUT2D eigenvalue weighted by Crippen LogP contribution is -2.34. The van der Waals surface area contributed by atoms with Crippen molar-refractivity contribution >= 4 is 15.7 Å². The van der Waals surface area contributed by atoms with Gasteiger partial charge in [-0.25, -0.2) is 0 Å². The van der Waals surface area contributed by atoms with Gasteiger partial charge in [0.2, 0.25) is 0 Å². The van der Waals surface area contributed by atoms with E-state index in [-0.39, 0.29) is 10.3 Å². The molecule has 0 aliphatic heterocycles. The van der Waals surface area contributed by atoms with E-state index in [1.807, 2.05) is 6.92 Å². The molecule has 0 spiro atoms. The Morgan fingerprint density at radius 2 is 1.89 bits per heavy atom. The number of nitrogens with zero attached hydrogens (tertiary/aromatic N) is 1. The van der Waals surface area contributed by atoms with Crippen molar-refractivity contribution in [2.24, 2.45) is 16.4 Å². The second-order valence-corrected chi connectivity index (χ2v) is 10.1. The molecule has 0 heterocycles. The summed E-state index contributed by atoms with van der Waals surface area (Å²) in [6, 6.07) is 6.81. The number of hydrogen-bond acceptors (Lipinski definition) is 3. The van der Waals surface area contributed by atoms with Gasteiger partial charge in [0, 0.05) is 0 Å². The Morgan fingerprint density at radius 3 is 2.52 bits per heavy atom. The highest BCUT2D eigenvalue weighted by atomic mass is 32.2. The van der Waals surface area contributed by atoms with Crippen LogP contribution in [-0.2, 0) is 10.0 Å². The molecule has 1 aromatic carbocycles. The van der Waals surface area contributed by atoms with Gasteiger partial charge < -0.3 is 0 Å². The van der Waals surface area contributed by atoms with Gasteiger partial charge >= 0.3 is 0 Å². The number of aryl methyl sites for hydroxylation is 1. The minimum atomic E-state index is -3.64. The summed E-state index contributed by atoms with van der Waals surface area (Å²) in [6.07, 6.45) is 5.20. The van der Waals surface area contributed by atoms with E-state index in [4.69, 9.17) is 0 Å². The fourth-order valence-electron chi connectivity index (χ4n) is 4.32. The van der Waals surface area contributed by atoms with Gasteiger partial charge in [-0.2, -0.15) is 18.4 Å². The zero-order valence-electron chi connectivity index (χ0n) is 16.8. The van der Waals surface area contributed by atoms with Gasteiger partial charge in [-0.05, 0) is 81.9 Å². The van der Waals surface area contributed by atoms with Crippen LogP contribution in [0.1, 0.15) is 58.4 Å². The number of rotatable bonds is 4. The number of nitrogens with one attached hydrogen (secondary N) is 1. The van der Waals surface area contributed by atoms with E-state index in [1.165, 1.54) is 24.0 Å². The van der Waals surface area contributed by atoms with E-state index in [0.717, 1.165) is 36.1 Å². The lowest BCUT2D eigenvalue weighted by Gasteiger charge is -2.44. The molecular weight excluding hydrogens is 356 g/mol. The van der Waals surface area contributed by atoms with E-state index >= 15 is 0 Å². The average molecular weight is 387 g/mol. The molecule has 146 valence electrons. The molecule has 2 aliphatic carbocycles. The normalized spacial score (nSPS) is 27.4. The Kier molecular flexibility index (Phi) is 5.35. The van der Waals surface area contributed by atoms with Crippen molar-refractivity contribution in [3.05, 3.63) is 53.1 Å². The fraction of sp³-hybridized carbons (Fsp3) is 0.500. The molecular formula is C22H30N2O2S. The van der Waals surface area contributed by atoms with Crippen molar-refractivity contribution in [3.63, 3.8) is 0 Å². The minimum Gasteiger partial charge on any atom is -0.200 e. The monoisotopic (exact) mass is 386 g/mol. The van der Waals surface area contributed by atoms with Gasteiger partial charge in [0.15, 0.2) is 0 Å². The molecule has 4 nitrogen and oxygen atoms in total. The molecule has 1 saturated carbocycles. The van der Waals surface area contributed by atoms with Crippen LogP contribution in [0.3, 0.4) is 0 Å². The molecule has 1 N–H and O–H groups in total. The zero-order chi connectivity index (χ0) is 19.8. The quantitative estimate of drug-likeness (QED) is 0.576. The Hall–Kier alpha value is -1.88. The van der Waals surface area contributed by atoms with Crippen LogP contribution in [0.5, 0.6) is 0 Å². The highest BCUT2D eigenvalue weighted by Gasteiger charge is 2.40. The van der Waals surface area contributed by atoms with E-state index in [9.17, 15) is 8.42 Å². The molecule has 0 radical (unpaired) electrons. The molecule has 2 aliphatic rings. The Labute approximate surface area is 163 Å². The first-order valence-corrected chi connectivity index (χ1v) is 11.1. The summed E-state index contributed by atoms with van der Waals surface area (Å²) in [5.74, 6) is 0.520. The van der Waals surface area contributed by atoms with Crippen LogP contribution in [0.2, 0.25) is 0 Å². The predicted molar refractivity (Wildman–Crippen MR) is 111 cm³/mol. The van der Waals surface area contributed by atoms with Crippen LogP contribution in [0.4, 0.5) is 0 Å². The molecule has 3 rings (SSSR count). The molecule has 0 aromatic heterocycles. The smallest absolute Gasteiger partial charge is 0.200 e. The molecule has 1 aromatic rings. The lowest BCUT2D eigenvalue weighted by molar-refractivity contribution is 0.247. The first kappa shape index (κ1) is 19.9. The van der Waals surface area contributed by atoms with Crippen molar-refractivity contribution in [1.29, 1.82) is 0 Å². The van der Waals surface area contributed by atoms with E-state index < -0.39 is 10.0 Å². The Balaban J connectivity index is 1.86. The second kappa shape index (κ2) is 7.27. The van der Waals surface area contributed by atoms with Crippen molar-refractivity contribution in [1.82, 2.24) is 4.83 Å².